The quantitative estimate of drug-likeness (QED) is 0.412. The van der Waals surface area contributed by atoms with Crippen molar-refractivity contribution in [2.24, 2.45) is 5.10 Å². The molecule has 0 saturated carbocycles. The van der Waals surface area contributed by atoms with E-state index < -0.39 is 0 Å². The summed E-state index contributed by atoms with van der Waals surface area (Å²) in [5.41, 5.74) is 6.44. The van der Waals surface area contributed by atoms with Crippen LogP contribution >= 0.6 is 11.3 Å². The number of aromatic amines is 1. The fourth-order valence-electron chi connectivity index (χ4n) is 2.47. The van der Waals surface area contributed by atoms with E-state index in [1.165, 1.54) is 17.4 Å². The van der Waals surface area contributed by atoms with Crippen LogP contribution in [0.1, 0.15) is 5.56 Å². The van der Waals surface area contributed by atoms with Crippen LogP contribution in [0.2, 0.25) is 0 Å². The maximum Gasteiger partial charge on any atom is 0.203 e. The number of halogens is 1. The van der Waals surface area contributed by atoms with Crippen LogP contribution in [0.4, 0.5) is 9.52 Å². The summed E-state index contributed by atoms with van der Waals surface area (Å²) < 4.78 is 13.7. The van der Waals surface area contributed by atoms with Gasteiger partial charge in [-0.3, -0.25) is 5.43 Å². The van der Waals surface area contributed by atoms with Crippen LogP contribution < -0.4 is 5.43 Å². The Morgan fingerprint density at radius 1 is 1.12 bits per heavy atom. The van der Waals surface area contributed by atoms with Crippen LogP contribution in [0.3, 0.4) is 0 Å². The average molecular weight is 336 g/mol. The first-order chi connectivity index (χ1) is 11.8. The Labute approximate surface area is 141 Å². The van der Waals surface area contributed by atoms with Crippen molar-refractivity contribution < 1.29 is 4.39 Å². The summed E-state index contributed by atoms with van der Waals surface area (Å²) >= 11 is 1.48. The lowest BCUT2D eigenvalue weighted by molar-refractivity contribution is 0.640. The Kier molecular flexibility index (Phi) is 3.80. The number of H-pyrrole nitrogens is 1. The first-order valence-electron chi connectivity index (χ1n) is 7.37. The molecule has 0 fully saturated rings. The number of thiazole rings is 1. The predicted molar refractivity (Wildman–Crippen MR) is 97.0 cm³/mol. The number of hydrogen-bond donors (Lipinski definition) is 2. The summed E-state index contributed by atoms with van der Waals surface area (Å²) in [5, 5.41) is 7.45. The molecule has 0 aliphatic rings. The fourth-order valence-corrected chi connectivity index (χ4v) is 3.14. The van der Waals surface area contributed by atoms with Gasteiger partial charge in [-0.25, -0.2) is 9.37 Å². The zero-order valence-electron chi connectivity index (χ0n) is 12.5. The van der Waals surface area contributed by atoms with Crippen LogP contribution in [0, 0.1) is 5.82 Å². The zero-order chi connectivity index (χ0) is 16.4. The normalized spacial score (nSPS) is 11.4. The standard InChI is InChI=1S/C18H13FN4S/c19-15-7-6-13(17-14(15)8-9-20-17)10-21-23-18-22-16(11-24-18)12-4-2-1-3-5-12/h1-11,20H,(H,22,23). The van der Waals surface area contributed by atoms with E-state index >= 15 is 0 Å². The Balaban J connectivity index is 1.52. The second kappa shape index (κ2) is 6.25. The smallest absolute Gasteiger partial charge is 0.203 e. The molecule has 118 valence electrons. The van der Waals surface area contributed by atoms with Crippen molar-refractivity contribution >= 4 is 33.6 Å². The molecule has 2 heterocycles. The van der Waals surface area contributed by atoms with E-state index in [1.54, 1.807) is 24.5 Å². The zero-order valence-corrected chi connectivity index (χ0v) is 13.3. The van der Waals surface area contributed by atoms with Gasteiger partial charge in [0.2, 0.25) is 5.13 Å². The van der Waals surface area contributed by atoms with Crippen LogP contribution in [-0.4, -0.2) is 16.2 Å². The summed E-state index contributed by atoms with van der Waals surface area (Å²) in [7, 11) is 0. The minimum atomic E-state index is -0.246. The molecule has 0 spiro atoms. The molecule has 24 heavy (non-hydrogen) atoms. The van der Waals surface area contributed by atoms with Gasteiger partial charge in [0.25, 0.3) is 0 Å². The topological polar surface area (TPSA) is 53.1 Å². The molecule has 4 aromatic rings. The molecule has 0 aliphatic carbocycles. The summed E-state index contributed by atoms with van der Waals surface area (Å²) in [5.74, 6) is -0.246. The van der Waals surface area contributed by atoms with E-state index in [1.807, 2.05) is 35.7 Å². The lowest BCUT2D eigenvalue weighted by Gasteiger charge is -1.98. The van der Waals surface area contributed by atoms with Crippen LogP contribution in [-0.2, 0) is 0 Å². The van der Waals surface area contributed by atoms with Crippen LogP contribution in [0.5, 0.6) is 0 Å². The maximum atomic E-state index is 13.7. The number of anilines is 1. The molecule has 0 amide bonds. The summed E-state index contributed by atoms with van der Waals surface area (Å²) in [6.45, 7) is 0. The van der Waals surface area contributed by atoms with Gasteiger partial charge in [-0.15, -0.1) is 11.3 Å². The second-order valence-corrected chi connectivity index (χ2v) is 6.03. The van der Waals surface area contributed by atoms with Gasteiger partial charge in [-0.1, -0.05) is 30.3 Å². The highest BCUT2D eigenvalue weighted by molar-refractivity contribution is 7.14. The number of hydrazone groups is 1. The molecule has 0 bridgehead atoms. The number of hydrogen-bond acceptors (Lipinski definition) is 4. The summed E-state index contributed by atoms with van der Waals surface area (Å²) in [4.78, 5) is 7.54. The fraction of sp³-hybridized carbons (Fsp3) is 0. The minimum Gasteiger partial charge on any atom is -0.361 e. The van der Waals surface area contributed by atoms with Crippen molar-refractivity contribution in [2.75, 3.05) is 5.43 Å². The van der Waals surface area contributed by atoms with Gasteiger partial charge in [0.05, 0.1) is 17.4 Å². The highest BCUT2D eigenvalue weighted by Crippen LogP contribution is 2.24. The van der Waals surface area contributed by atoms with Gasteiger partial charge in [0, 0.05) is 28.1 Å². The molecule has 4 nitrogen and oxygen atoms in total. The van der Waals surface area contributed by atoms with Gasteiger partial charge in [0.15, 0.2) is 0 Å². The second-order valence-electron chi connectivity index (χ2n) is 5.18. The lowest BCUT2D eigenvalue weighted by atomic mass is 10.1. The van der Waals surface area contributed by atoms with E-state index in [0.29, 0.717) is 10.5 Å². The lowest BCUT2D eigenvalue weighted by Crippen LogP contribution is -1.92. The molecular formula is C18H13FN4S. The third-order valence-electron chi connectivity index (χ3n) is 3.64. The van der Waals surface area contributed by atoms with E-state index in [9.17, 15) is 4.39 Å². The van der Waals surface area contributed by atoms with Gasteiger partial charge < -0.3 is 4.98 Å². The van der Waals surface area contributed by atoms with Crippen molar-refractivity contribution in [1.82, 2.24) is 9.97 Å². The third kappa shape index (κ3) is 2.79. The molecule has 0 aliphatic heterocycles. The van der Waals surface area contributed by atoms with E-state index in [4.69, 9.17) is 0 Å². The third-order valence-corrected chi connectivity index (χ3v) is 4.39. The van der Waals surface area contributed by atoms with Gasteiger partial charge in [0.1, 0.15) is 5.82 Å². The number of nitrogens with one attached hydrogen (secondary N) is 2. The first-order valence-corrected chi connectivity index (χ1v) is 8.25. The highest BCUT2D eigenvalue weighted by Gasteiger charge is 2.06. The molecule has 2 aromatic heterocycles. The van der Waals surface area contributed by atoms with Crippen LogP contribution in [0.25, 0.3) is 22.2 Å². The molecule has 2 N–H and O–H groups in total. The Morgan fingerprint density at radius 2 is 2.00 bits per heavy atom. The maximum absolute atomic E-state index is 13.7. The molecule has 0 atom stereocenters. The molecule has 0 radical (unpaired) electrons. The Bertz CT molecular complexity index is 1000. The molecule has 6 heteroatoms. The first kappa shape index (κ1) is 14.6. The van der Waals surface area contributed by atoms with Crippen molar-refractivity contribution in [1.29, 1.82) is 0 Å². The number of rotatable bonds is 4. The van der Waals surface area contributed by atoms with Crippen molar-refractivity contribution in [2.45, 2.75) is 0 Å². The molecular weight excluding hydrogens is 323 g/mol. The van der Waals surface area contributed by atoms with E-state index in [-0.39, 0.29) is 5.82 Å². The SMILES string of the molecule is Fc1ccc(C=NNc2nc(-c3ccccc3)cs2)c2[nH]ccc12. The predicted octanol–water partition coefficient (Wildman–Crippen LogP) is 4.88. The molecule has 2 aromatic carbocycles. The number of aromatic nitrogens is 2. The average Bonchev–Trinajstić information content (AvgIpc) is 3.28. The van der Waals surface area contributed by atoms with E-state index in [2.05, 4.69) is 20.5 Å². The number of fused-ring (bicyclic) bond motifs is 1. The van der Waals surface area contributed by atoms with Gasteiger partial charge >= 0.3 is 0 Å². The largest absolute Gasteiger partial charge is 0.361 e. The summed E-state index contributed by atoms with van der Waals surface area (Å²) in [6, 6.07) is 14.8. The van der Waals surface area contributed by atoms with Gasteiger partial charge in [-0.2, -0.15) is 5.10 Å². The van der Waals surface area contributed by atoms with Crippen LogP contribution in [0.15, 0.2) is 65.2 Å². The highest BCUT2D eigenvalue weighted by atomic mass is 32.1. The molecule has 4 rings (SSSR count). The minimum absolute atomic E-state index is 0.246. The molecule has 0 unspecified atom stereocenters. The molecule has 0 saturated heterocycles. The monoisotopic (exact) mass is 336 g/mol. The van der Waals surface area contributed by atoms with E-state index in [0.717, 1.165) is 22.3 Å². The number of nitrogens with zero attached hydrogens (tertiary/aromatic N) is 2. The Morgan fingerprint density at radius 3 is 2.88 bits per heavy atom. The van der Waals surface area contributed by atoms with Crippen molar-refractivity contribution in [3.8, 4) is 11.3 Å². The number of benzene rings is 2. The van der Waals surface area contributed by atoms with Crippen molar-refractivity contribution in [3.05, 3.63) is 71.5 Å². The Hall–Kier alpha value is -2.99. The van der Waals surface area contributed by atoms with Gasteiger partial charge in [-0.05, 0) is 18.2 Å². The van der Waals surface area contributed by atoms with Crippen molar-refractivity contribution in [3.63, 3.8) is 0 Å². The summed E-state index contributed by atoms with van der Waals surface area (Å²) in [6.07, 6.45) is 3.37.